The topological polar surface area (TPSA) is 62.7 Å². The van der Waals surface area contributed by atoms with E-state index in [1.165, 1.54) is 43.6 Å². The molecule has 162 valence electrons. The average molecular weight is 433 g/mol. The quantitative estimate of drug-likeness (QED) is 0.399. The summed E-state index contributed by atoms with van der Waals surface area (Å²) in [5.41, 5.74) is 7.72. The molecule has 1 saturated heterocycles. The molecule has 2 aliphatic heterocycles. The molecule has 1 saturated carbocycles. The second kappa shape index (κ2) is 7.08. The van der Waals surface area contributed by atoms with Crippen molar-refractivity contribution in [2.75, 3.05) is 18.0 Å². The molecule has 7 rings (SSSR count). The standard InChI is InChI=1S/C27H24N6/c28-12-18-4-6-19(7-5-18)22-11-26-27-30-29-17-33(27)25-9-8-24(10-23(25)16-32(26)15-22)31-13-20-2-1-3-21(20)14-31/h4-11,15,17,20-21H,1-3,13-14,16H2. The molecule has 2 aromatic carbocycles. The van der Waals surface area contributed by atoms with E-state index in [1.54, 1.807) is 0 Å². The van der Waals surface area contributed by atoms with E-state index >= 15 is 0 Å². The van der Waals surface area contributed by atoms with Gasteiger partial charge in [-0.25, -0.2) is 0 Å². The third-order valence-corrected chi connectivity index (χ3v) is 7.78. The van der Waals surface area contributed by atoms with Crippen LogP contribution in [0.5, 0.6) is 0 Å². The summed E-state index contributed by atoms with van der Waals surface area (Å²) in [5, 5.41) is 17.8. The van der Waals surface area contributed by atoms with E-state index in [2.05, 4.69) is 60.8 Å². The van der Waals surface area contributed by atoms with Gasteiger partial charge >= 0.3 is 0 Å². The summed E-state index contributed by atoms with van der Waals surface area (Å²) in [5.74, 6) is 2.61. The van der Waals surface area contributed by atoms with Crippen LogP contribution < -0.4 is 4.90 Å². The van der Waals surface area contributed by atoms with Gasteiger partial charge in [0.2, 0.25) is 0 Å². The van der Waals surface area contributed by atoms with Gasteiger partial charge in [0.25, 0.3) is 0 Å². The van der Waals surface area contributed by atoms with Gasteiger partial charge in [0, 0.05) is 37.1 Å². The van der Waals surface area contributed by atoms with Gasteiger partial charge in [0.15, 0.2) is 5.82 Å². The Kier molecular flexibility index (Phi) is 4.01. The second-order valence-electron chi connectivity index (χ2n) is 9.62. The Bertz CT molecular complexity index is 1390. The predicted molar refractivity (Wildman–Crippen MR) is 127 cm³/mol. The van der Waals surface area contributed by atoms with Crippen LogP contribution in [0.1, 0.15) is 30.4 Å². The minimum absolute atomic E-state index is 0.673. The minimum Gasteiger partial charge on any atom is -0.371 e. The maximum absolute atomic E-state index is 9.11. The van der Waals surface area contributed by atoms with Gasteiger partial charge in [0.05, 0.1) is 23.0 Å². The smallest absolute Gasteiger partial charge is 0.185 e. The lowest BCUT2D eigenvalue weighted by Crippen LogP contribution is -2.21. The Labute approximate surface area is 192 Å². The molecule has 0 radical (unpaired) electrons. The van der Waals surface area contributed by atoms with Crippen LogP contribution in [0.3, 0.4) is 0 Å². The van der Waals surface area contributed by atoms with E-state index in [4.69, 9.17) is 5.26 Å². The van der Waals surface area contributed by atoms with Crippen LogP contribution in [0, 0.1) is 23.2 Å². The lowest BCUT2D eigenvalue weighted by atomic mass is 10.0. The van der Waals surface area contributed by atoms with Crippen molar-refractivity contribution < 1.29 is 0 Å². The zero-order valence-electron chi connectivity index (χ0n) is 18.4. The fourth-order valence-electron chi connectivity index (χ4n) is 6.07. The predicted octanol–water partition coefficient (Wildman–Crippen LogP) is 4.87. The number of rotatable bonds is 2. The molecule has 4 heterocycles. The molecule has 2 unspecified atom stereocenters. The number of hydrogen-bond donors (Lipinski definition) is 0. The maximum Gasteiger partial charge on any atom is 0.185 e. The molecule has 2 fully saturated rings. The highest BCUT2D eigenvalue weighted by Crippen LogP contribution is 2.41. The monoisotopic (exact) mass is 432 g/mol. The first-order chi connectivity index (χ1) is 16.3. The Balaban J connectivity index is 1.29. The Morgan fingerprint density at radius 2 is 1.76 bits per heavy atom. The fraction of sp³-hybridized carbons (Fsp3) is 0.296. The van der Waals surface area contributed by atoms with Crippen LogP contribution in [0.15, 0.2) is 61.1 Å². The summed E-state index contributed by atoms with van der Waals surface area (Å²) >= 11 is 0. The first-order valence-corrected chi connectivity index (χ1v) is 11.8. The Morgan fingerprint density at radius 3 is 2.55 bits per heavy atom. The lowest BCUT2D eigenvalue weighted by molar-refractivity contribution is 0.494. The third-order valence-electron chi connectivity index (χ3n) is 7.78. The number of nitriles is 1. The van der Waals surface area contributed by atoms with Gasteiger partial charge in [0.1, 0.15) is 6.33 Å². The summed E-state index contributed by atoms with van der Waals surface area (Å²) in [6.07, 6.45) is 8.19. The van der Waals surface area contributed by atoms with Crippen molar-refractivity contribution in [2.24, 2.45) is 11.8 Å². The van der Waals surface area contributed by atoms with Gasteiger partial charge in [-0.2, -0.15) is 5.26 Å². The molecule has 4 aromatic rings. The molecule has 1 aliphatic carbocycles. The molecule has 0 bridgehead atoms. The van der Waals surface area contributed by atoms with Gasteiger partial charge in [-0.15, -0.1) is 10.2 Å². The molecule has 2 atom stereocenters. The van der Waals surface area contributed by atoms with Gasteiger partial charge in [-0.1, -0.05) is 18.6 Å². The van der Waals surface area contributed by atoms with Crippen molar-refractivity contribution in [1.29, 1.82) is 5.26 Å². The molecule has 2 aromatic heterocycles. The van der Waals surface area contributed by atoms with E-state index in [9.17, 15) is 0 Å². The van der Waals surface area contributed by atoms with E-state index < -0.39 is 0 Å². The highest BCUT2D eigenvalue weighted by Gasteiger charge is 2.36. The van der Waals surface area contributed by atoms with Crippen molar-refractivity contribution in [3.8, 4) is 34.4 Å². The SMILES string of the molecule is N#Cc1ccc(-c2cc3n(c2)Cc2cc(N4CC5CCCC5C4)ccc2-n2cnnc2-3)cc1. The maximum atomic E-state index is 9.11. The molecular formula is C27H24N6. The van der Waals surface area contributed by atoms with E-state index in [-0.39, 0.29) is 0 Å². The Hall–Kier alpha value is -3.85. The van der Waals surface area contributed by atoms with Gasteiger partial charge in [-0.3, -0.25) is 4.57 Å². The molecule has 6 nitrogen and oxygen atoms in total. The number of nitrogens with zero attached hydrogens (tertiary/aromatic N) is 6. The molecule has 0 N–H and O–H groups in total. The molecule has 6 heteroatoms. The molecule has 0 spiro atoms. The zero-order valence-corrected chi connectivity index (χ0v) is 18.4. The lowest BCUT2D eigenvalue weighted by Gasteiger charge is -2.21. The van der Waals surface area contributed by atoms with E-state index in [0.717, 1.165) is 46.7 Å². The third kappa shape index (κ3) is 2.92. The van der Waals surface area contributed by atoms with Crippen LogP contribution in [-0.4, -0.2) is 32.4 Å². The van der Waals surface area contributed by atoms with Crippen LogP contribution >= 0.6 is 0 Å². The number of aromatic nitrogens is 4. The zero-order chi connectivity index (χ0) is 21.9. The molecule has 3 aliphatic rings. The summed E-state index contributed by atoms with van der Waals surface area (Å²) in [7, 11) is 0. The molecular weight excluding hydrogens is 408 g/mol. The fourth-order valence-corrected chi connectivity index (χ4v) is 6.07. The normalized spacial score (nSPS) is 20.5. The van der Waals surface area contributed by atoms with Crippen LogP contribution in [0.25, 0.3) is 28.3 Å². The van der Waals surface area contributed by atoms with Crippen LogP contribution in [0.4, 0.5) is 5.69 Å². The summed E-state index contributed by atoms with van der Waals surface area (Å²) in [4.78, 5) is 2.59. The van der Waals surface area contributed by atoms with Crippen molar-refractivity contribution in [1.82, 2.24) is 19.3 Å². The first kappa shape index (κ1) is 18.7. The van der Waals surface area contributed by atoms with Crippen LogP contribution in [0.2, 0.25) is 0 Å². The number of hydrogen-bond acceptors (Lipinski definition) is 4. The van der Waals surface area contributed by atoms with E-state index in [1.807, 2.05) is 30.6 Å². The first-order valence-electron chi connectivity index (χ1n) is 11.8. The average Bonchev–Trinajstić information content (AvgIpc) is 3.62. The van der Waals surface area contributed by atoms with Crippen molar-refractivity contribution in [3.63, 3.8) is 0 Å². The second-order valence-corrected chi connectivity index (χ2v) is 9.62. The van der Waals surface area contributed by atoms with Crippen molar-refractivity contribution >= 4 is 5.69 Å². The van der Waals surface area contributed by atoms with Gasteiger partial charge < -0.3 is 9.47 Å². The summed E-state index contributed by atoms with van der Waals surface area (Å²) < 4.78 is 4.39. The van der Waals surface area contributed by atoms with Crippen molar-refractivity contribution in [2.45, 2.75) is 25.8 Å². The number of benzene rings is 2. The van der Waals surface area contributed by atoms with Crippen molar-refractivity contribution in [3.05, 3.63) is 72.2 Å². The number of anilines is 1. The Morgan fingerprint density at radius 1 is 0.939 bits per heavy atom. The summed E-state index contributed by atoms with van der Waals surface area (Å²) in [6, 6.07) is 19.0. The highest BCUT2D eigenvalue weighted by molar-refractivity contribution is 5.72. The largest absolute Gasteiger partial charge is 0.371 e. The molecule has 0 amide bonds. The number of fused-ring (bicyclic) bond motifs is 6. The highest BCUT2D eigenvalue weighted by atomic mass is 15.3. The minimum atomic E-state index is 0.673. The van der Waals surface area contributed by atoms with E-state index in [0.29, 0.717) is 5.56 Å². The van der Waals surface area contributed by atoms with Crippen LogP contribution in [-0.2, 0) is 6.54 Å². The summed E-state index contributed by atoms with van der Waals surface area (Å²) in [6.45, 7) is 3.18. The molecule has 33 heavy (non-hydrogen) atoms. The van der Waals surface area contributed by atoms with Gasteiger partial charge in [-0.05, 0) is 72.2 Å².